The highest BCUT2D eigenvalue weighted by Crippen LogP contribution is 2.36. The Balaban J connectivity index is 1.49. The Hall–Kier alpha value is -2.39. The van der Waals surface area contributed by atoms with E-state index in [1.807, 2.05) is 59.0 Å². The van der Waals surface area contributed by atoms with E-state index < -0.39 is 0 Å². The Morgan fingerprint density at radius 3 is 2.71 bits per heavy atom. The molecule has 0 spiro atoms. The molecule has 2 saturated heterocycles. The lowest BCUT2D eigenvalue weighted by Gasteiger charge is -2.18. The summed E-state index contributed by atoms with van der Waals surface area (Å²) in [6.07, 6.45) is 5.97. The number of ether oxygens (including phenoxy) is 1. The first-order chi connectivity index (χ1) is 16.6. The monoisotopic (exact) mass is 507 g/mol. The van der Waals surface area contributed by atoms with Crippen molar-refractivity contribution < 1.29 is 9.53 Å². The maximum Gasteiger partial charge on any atom is 0.266 e. The molecule has 1 aromatic heterocycles. The van der Waals surface area contributed by atoms with Crippen molar-refractivity contribution in [2.24, 2.45) is 0 Å². The van der Waals surface area contributed by atoms with E-state index in [0.717, 1.165) is 47.7 Å². The quantitative estimate of drug-likeness (QED) is 0.221. The fourth-order valence-corrected chi connectivity index (χ4v) is 6.02. The Kier molecular flexibility index (Phi) is 7.20. The molecule has 2 aliphatic rings. The molecule has 3 heterocycles. The zero-order valence-electron chi connectivity index (χ0n) is 18.8. The van der Waals surface area contributed by atoms with Crippen LogP contribution < -0.4 is 0 Å². The van der Waals surface area contributed by atoms with Gasteiger partial charge in [-0.05, 0) is 48.9 Å². The number of nitrogens with zero attached hydrogens (tertiary/aromatic N) is 3. The molecule has 1 amide bonds. The standard InChI is InChI=1S/C26H25N3O2S3/c1-2-33-22-12-10-18(11-13-22)24-19(16-29(27-24)20-7-4-3-5-8-20)15-23-25(30)28(26(32)34-23)17-21-9-6-14-31-21/h3-5,7-8,10-13,15-16,21H,2,6,9,14,17H2,1H3. The van der Waals surface area contributed by atoms with Crippen LogP contribution in [0.1, 0.15) is 25.3 Å². The first-order valence-electron chi connectivity index (χ1n) is 11.4. The van der Waals surface area contributed by atoms with Crippen LogP contribution in [0.25, 0.3) is 23.0 Å². The topological polar surface area (TPSA) is 47.4 Å². The van der Waals surface area contributed by atoms with Gasteiger partial charge in [0.05, 0.1) is 28.9 Å². The van der Waals surface area contributed by atoms with E-state index in [9.17, 15) is 4.79 Å². The number of para-hydroxylation sites is 1. The number of hydrogen-bond acceptors (Lipinski definition) is 6. The molecular formula is C26H25N3O2S3. The minimum Gasteiger partial charge on any atom is -0.376 e. The molecule has 8 heteroatoms. The van der Waals surface area contributed by atoms with Crippen molar-refractivity contribution in [3.05, 3.63) is 71.3 Å². The molecule has 0 aliphatic carbocycles. The average molecular weight is 508 g/mol. The van der Waals surface area contributed by atoms with Crippen molar-refractivity contribution in [3.8, 4) is 16.9 Å². The third kappa shape index (κ3) is 5.00. The van der Waals surface area contributed by atoms with Crippen molar-refractivity contribution in [2.45, 2.75) is 30.8 Å². The Morgan fingerprint density at radius 1 is 1.21 bits per heavy atom. The summed E-state index contributed by atoms with van der Waals surface area (Å²) in [5.41, 5.74) is 3.70. The minimum atomic E-state index is -0.0568. The second-order valence-electron chi connectivity index (χ2n) is 8.10. The van der Waals surface area contributed by atoms with Crippen LogP contribution in [-0.4, -0.2) is 49.9 Å². The Morgan fingerprint density at radius 2 is 2.00 bits per heavy atom. The largest absolute Gasteiger partial charge is 0.376 e. The number of thioether (sulfide) groups is 2. The van der Waals surface area contributed by atoms with Gasteiger partial charge in [0.1, 0.15) is 4.32 Å². The lowest BCUT2D eigenvalue weighted by atomic mass is 10.1. The van der Waals surface area contributed by atoms with Gasteiger partial charge in [0.15, 0.2) is 0 Å². The summed E-state index contributed by atoms with van der Waals surface area (Å²) >= 11 is 8.70. The molecule has 0 saturated carbocycles. The van der Waals surface area contributed by atoms with Gasteiger partial charge in [0.25, 0.3) is 5.91 Å². The summed E-state index contributed by atoms with van der Waals surface area (Å²) in [4.78, 5) is 16.7. The van der Waals surface area contributed by atoms with E-state index in [4.69, 9.17) is 22.1 Å². The Bertz CT molecular complexity index is 1220. The number of aromatic nitrogens is 2. The summed E-state index contributed by atoms with van der Waals surface area (Å²) in [7, 11) is 0. The number of carbonyl (C=O) groups is 1. The molecule has 0 bridgehead atoms. The van der Waals surface area contributed by atoms with Crippen LogP contribution in [0, 0.1) is 0 Å². The summed E-state index contributed by atoms with van der Waals surface area (Å²) in [5, 5.41) is 4.89. The maximum absolute atomic E-state index is 13.2. The smallest absolute Gasteiger partial charge is 0.266 e. The highest BCUT2D eigenvalue weighted by atomic mass is 32.2. The maximum atomic E-state index is 13.2. The van der Waals surface area contributed by atoms with Gasteiger partial charge in [-0.3, -0.25) is 9.69 Å². The van der Waals surface area contributed by atoms with E-state index in [1.165, 1.54) is 16.7 Å². The van der Waals surface area contributed by atoms with Gasteiger partial charge in [0, 0.05) is 28.8 Å². The third-order valence-corrected chi connectivity index (χ3v) is 8.04. The molecule has 0 radical (unpaired) electrons. The lowest BCUT2D eigenvalue weighted by molar-refractivity contribution is -0.123. The molecule has 2 aromatic carbocycles. The SMILES string of the molecule is CCSc1ccc(-c2nn(-c3ccccc3)cc2C=C2SC(=S)N(CC3CCCO3)C2=O)cc1. The van der Waals surface area contributed by atoms with Gasteiger partial charge >= 0.3 is 0 Å². The van der Waals surface area contributed by atoms with Crippen molar-refractivity contribution >= 4 is 52.0 Å². The molecule has 1 atom stereocenters. The van der Waals surface area contributed by atoms with Crippen LogP contribution in [-0.2, 0) is 9.53 Å². The molecule has 5 rings (SSSR count). The van der Waals surface area contributed by atoms with Crippen molar-refractivity contribution in [1.29, 1.82) is 0 Å². The van der Waals surface area contributed by atoms with E-state index in [1.54, 1.807) is 4.90 Å². The molecule has 3 aromatic rings. The van der Waals surface area contributed by atoms with Crippen molar-refractivity contribution in [3.63, 3.8) is 0 Å². The van der Waals surface area contributed by atoms with E-state index in [0.29, 0.717) is 15.8 Å². The van der Waals surface area contributed by atoms with Crippen LogP contribution in [0.3, 0.4) is 0 Å². The average Bonchev–Trinajstić information content (AvgIpc) is 3.58. The number of rotatable bonds is 7. The van der Waals surface area contributed by atoms with Crippen LogP contribution in [0.2, 0.25) is 0 Å². The van der Waals surface area contributed by atoms with Crippen molar-refractivity contribution in [1.82, 2.24) is 14.7 Å². The number of thiocarbonyl (C=S) groups is 1. The van der Waals surface area contributed by atoms with Crippen molar-refractivity contribution in [2.75, 3.05) is 18.9 Å². The molecule has 174 valence electrons. The second-order valence-corrected chi connectivity index (χ2v) is 11.1. The third-order valence-electron chi connectivity index (χ3n) is 5.77. The summed E-state index contributed by atoms with van der Waals surface area (Å²) in [6, 6.07) is 18.4. The summed E-state index contributed by atoms with van der Waals surface area (Å²) in [5.74, 6) is 0.972. The number of hydrogen-bond donors (Lipinski definition) is 0. The van der Waals surface area contributed by atoms with Crippen LogP contribution in [0.4, 0.5) is 0 Å². The first kappa shape index (κ1) is 23.4. The Labute approximate surface area is 213 Å². The fourth-order valence-electron chi connectivity index (χ4n) is 4.10. The molecule has 2 fully saturated rings. The zero-order chi connectivity index (χ0) is 23.5. The van der Waals surface area contributed by atoms with Crippen LogP contribution >= 0.6 is 35.7 Å². The molecule has 0 N–H and O–H groups in total. The highest BCUT2D eigenvalue weighted by Gasteiger charge is 2.35. The molecular weight excluding hydrogens is 483 g/mol. The minimum absolute atomic E-state index is 0.0568. The van der Waals surface area contributed by atoms with Gasteiger partial charge in [-0.1, -0.05) is 61.2 Å². The molecule has 1 unspecified atom stereocenters. The number of carbonyl (C=O) groups excluding carboxylic acids is 1. The second kappa shape index (κ2) is 10.5. The normalized spacial score (nSPS) is 19.5. The van der Waals surface area contributed by atoms with E-state index >= 15 is 0 Å². The highest BCUT2D eigenvalue weighted by molar-refractivity contribution is 8.26. The number of benzene rings is 2. The lowest BCUT2D eigenvalue weighted by Crippen LogP contribution is -2.35. The first-order valence-corrected chi connectivity index (χ1v) is 13.6. The van der Waals surface area contributed by atoms with Gasteiger partial charge < -0.3 is 4.74 Å². The van der Waals surface area contributed by atoms with Crippen LogP contribution in [0.5, 0.6) is 0 Å². The van der Waals surface area contributed by atoms with Gasteiger partial charge in [-0.15, -0.1) is 11.8 Å². The predicted octanol–water partition coefficient (Wildman–Crippen LogP) is 6.03. The molecule has 2 aliphatic heterocycles. The number of amides is 1. The summed E-state index contributed by atoms with van der Waals surface area (Å²) in [6.45, 7) is 3.43. The predicted molar refractivity (Wildman–Crippen MR) is 144 cm³/mol. The van der Waals surface area contributed by atoms with E-state index in [-0.39, 0.29) is 12.0 Å². The van der Waals surface area contributed by atoms with E-state index in [2.05, 4.69) is 31.2 Å². The van der Waals surface area contributed by atoms with Gasteiger partial charge in [-0.25, -0.2) is 4.68 Å². The van der Waals surface area contributed by atoms with Crippen LogP contribution in [0.15, 0.2) is 70.6 Å². The molecule has 34 heavy (non-hydrogen) atoms. The zero-order valence-corrected chi connectivity index (χ0v) is 21.3. The fraction of sp³-hybridized carbons (Fsp3) is 0.269. The van der Waals surface area contributed by atoms with Gasteiger partial charge in [-0.2, -0.15) is 5.10 Å². The molecule has 5 nitrogen and oxygen atoms in total. The summed E-state index contributed by atoms with van der Waals surface area (Å²) < 4.78 is 8.18. The van der Waals surface area contributed by atoms with Gasteiger partial charge in [0.2, 0.25) is 0 Å².